The molecule has 0 aliphatic carbocycles. The molecule has 0 spiro atoms. The number of hydrogen-bond donors (Lipinski definition) is 0. The van der Waals surface area contributed by atoms with Crippen molar-refractivity contribution in [3.05, 3.63) is 29.8 Å². The van der Waals surface area contributed by atoms with Crippen LogP contribution in [0.4, 0.5) is 0 Å². The predicted octanol–water partition coefficient (Wildman–Crippen LogP) is 2.72. The fourth-order valence-electron chi connectivity index (χ4n) is 2.11. The maximum atomic E-state index is 5.93. The minimum atomic E-state index is 0.400. The van der Waals surface area contributed by atoms with Crippen molar-refractivity contribution in [3.63, 3.8) is 0 Å². The normalized spacial score (nSPS) is 17.1. The minimum Gasteiger partial charge on any atom is -0.488 e. The topological polar surface area (TPSA) is 12.5 Å². The molecular formula is C14H21NO. The molecule has 1 aromatic carbocycles. The van der Waals surface area contributed by atoms with Gasteiger partial charge in [0.05, 0.1) is 0 Å². The molecule has 0 saturated carbocycles. The molecule has 0 bridgehead atoms. The van der Waals surface area contributed by atoms with Gasteiger partial charge in [-0.05, 0) is 30.7 Å². The van der Waals surface area contributed by atoms with Crippen LogP contribution >= 0.6 is 0 Å². The van der Waals surface area contributed by atoms with Crippen molar-refractivity contribution in [2.24, 2.45) is 0 Å². The van der Waals surface area contributed by atoms with Gasteiger partial charge in [0.1, 0.15) is 11.9 Å². The van der Waals surface area contributed by atoms with Crippen molar-refractivity contribution < 1.29 is 4.74 Å². The summed E-state index contributed by atoms with van der Waals surface area (Å²) in [4.78, 5) is 2.39. The molecule has 0 unspecified atom stereocenters. The molecule has 2 rings (SSSR count). The lowest BCUT2D eigenvalue weighted by atomic mass is 10.1. The second kappa shape index (κ2) is 5.35. The van der Waals surface area contributed by atoms with Crippen LogP contribution in [0.3, 0.4) is 0 Å². The first kappa shape index (κ1) is 11.5. The first-order valence-electron chi connectivity index (χ1n) is 6.29. The maximum absolute atomic E-state index is 5.93. The van der Waals surface area contributed by atoms with Gasteiger partial charge in [0.15, 0.2) is 0 Å². The van der Waals surface area contributed by atoms with Gasteiger partial charge in [-0.1, -0.05) is 32.4 Å². The van der Waals surface area contributed by atoms with Crippen LogP contribution in [-0.2, 0) is 6.42 Å². The van der Waals surface area contributed by atoms with Crippen LogP contribution in [0.25, 0.3) is 0 Å². The molecule has 2 heteroatoms. The van der Waals surface area contributed by atoms with E-state index < -0.39 is 0 Å². The van der Waals surface area contributed by atoms with E-state index in [-0.39, 0.29) is 0 Å². The first-order valence-corrected chi connectivity index (χ1v) is 6.29. The van der Waals surface area contributed by atoms with Crippen LogP contribution in [0.15, 0.2) is 24.3 Å². The van der Waals surface area contributed by atoms with Crippen molar-refractivity contribution in [3.8, 4) is 5.75 Å². The van der Waals surface area contributed by atoms with Gasteiger partial charge in [-0.15, -0.1) is 0 Å². The predicted molar refractivity (Wildman–Crippen MR) is 67.0 cm³/mol. The lowest BCUT2D eigenvalue weighted by Gasteiger charge is -2.38. The molecule has 2 nitrogen and oxygen atoms in total. The summed E-state index contributed by atoms with van der Waals surface area (Å²) in [5.74, 6) is 1.03. The molecule has 0 aromatic heterocycles. The van der Waals surface area contributed by atoms with Gasteiger partial charge >= 0.3 is 0 Å². The Labute approximate surface area is 98.2 Å². The number of likely N-dealkylation sites (tertiary alicyclic amines) is 1. The summed E-state index contributed by atoms with van der Waals surface area (Å²) in [6.45, 7) is 7.69. The molecule has 88 valence electrons. The Kier molecular flexibility index (Phi) is 3.83. The highest BCUT2D eigenvalue weighted by molar-refractivity contribution is 5.29. The van der Waals surface area contributed by atoms with Crippen LogP contribution in [0.5, 0.6) is 5.75 Å². The number of benzene rings is 1. The van der Waals surface area contributed by atoms with E-state index >= 15 is 0 Å². The Morgan fingerprint density at radius 3 is 2.81 bits per heavy atom. The third-order valence-electron chi connectivity index (χ3n) is 3.11. The van der Waals surface area contributed by atoms with Gasteiger partial charge in [0.2, 0.25) is 0 Å². The van der Waals surface area contributed by atoms with Crippen molar-refractivity contribution >= 4 is 0 Å². The fraction of sp³-hybridized carbons (Fsp3) is 0.571. The number of ether oxygens (including phenoxy) is 1. The van der Waals surface area contributed by atoms with Gasteiger partial charge in [0, 0.05) is 13.1 Å². The summed E-state index contributed by atoms with van der Waals surface area (Å²) >= 11 is 0. The monoisotopic (exact) mass is 219 g/mol. The molecule has 0 atom stereocenters. The van der Waals surface area contributed by atoms with Crippen LogP contribution in [0, 0.1) is 0 Å². The van der Waals surface area contributed by atoms with Crippen LogP contribution < -0.4 is 4.74 Å². The lowest BCUT2D eigenvalue weighted by molar-refractivity contribution is 0.0238. The van der Waals surface area contributed by atoms with E-state index in [1.165, 1.54) is 12.0 Å². The standard InChI is InChI=1S/C14H21NO/c1-3-6-12-7-5-8-13(9-12)16-14-10-15(4-2)11-14/h5,7-9,14H,3-4,6,10-11H2,1-2H3. The number of likely N-dealkylation sites (N-methyl/N-ethyl adjacent to an activating group) is 1. The fourth-order valence-corrected chi connectivity index (χ4v) is 2.11. The van der Waals surface area contributed by atoms with Gasteiger partial charge in [0.25, 0.3) is 0 Å². The van der Waals surface area contributed by atoms with E-state index in [0.29, 0.717) is 6.10 Å². The largest absolute Gasteiger partial charge is 0.488 e. The third kappa shape index (κ3) is 2.76. The van der Waals surface area contributed by atoms with Crippen LogP contribution in [0.1, 0.15) is 25.8 Å². The molecular weight excluding hydrogens is 198 g/mol. The molecule has 1 aromatic rings. The molecule has 0 radical (unpaired) electrons. The Bertz CT molecular complexity index is 331. The van der Waals surface area contributed by atoms with E-state index in [0.717, 1.165) is 31.8 Å². The summed E-state index contributed by atoms with van der Waals surface area (Å²) in [7, 11) is 0. The van der Waals surface area contributed by atoms with E-state index in [1.54, 1.807) is 0 Å². The summed E-state index contributed by atoms with van der Waals surface area (Å²) < 4.78 is 5.93. The minimum absolute atomic E-state index is 0.400. The van der Waals surface area contributed by atoms with Gasteiger partial charge in [-0.25, -0.2) is 0 Å². The second-order valence-corrected chi connectivity index (χ2v) is 4.49. The molecule has 1 aliphatic rings. The van der Waals surface area contributed by atoms with Crippen molar-refractivity contribution in [1.29, 1.82) is 0 Å². The quantitative estimate of drug-likeness (QED) is 0.755. The Morgan fingerprint density at radius 1 is 1.31 bits per heavy atom. The summed E-state index contributed by atoms with van der Waals surface area (Å²) in [6.07, 6.45) is 2.73. The van der Waals surface area contributed by atoms with Crippen molar-refractivity contribution in [2.45, 2.75) is 32.8 Å². The van der Waals surface area contributed by atoms with Crippen LogP contribution in [0.2, 0.25) is 0 Å². The van der Waals surface area contributed by atoms with Crippen molar-refractivity contribution in [2.75, 3.05) is 19.6 Å². The van der Waals surface area contributed by atoms with Crippen LogP contribution in [-0.4, -0.2) is 30.6 Å². The second-order valence-electron chi connectivity index (χ2n) is 4.49. The SMILES string of the molecule is CCCc1cccc(OC2CN(CC)C2)c1. The highest BCUT2D eigenvalue weighted by Gasteiger charge is 2.26. The molecule has 1 fully saturated rings. The van der Waals surface area contributed by atoms with Gasteiger partial charge in [-0.2, -0.15) is 0 Å². The number of aryl methyl sites for hydroxylation is 1. The molecule has 0 N–H and O–H groups in total. The summed E-state index contributed by atoms with van der Waals surface area (Å²) in [6, 6.07) is 8.51. The third-order valence-corrected chi connectivity index (χ3v) is 3.11. The van der Waals surface area contributed by atoms with Gasteiger partial charge in [-0.3, -0.25) is 4.90 Å². The highest BCUT2D eigenvalue weighted by Crippen LogP contribution is 2.19. The average molecular weight is 219 g/mol. The molecule has 1 heterocycles. The lowest BCUT2D eigenvalue weighted by Crippen LogP contribution is -2.53. The average Bonchev–Trinajstić information content (AvgIpc) is 2.24. The van der Waals surface area contributed by atoms with E-state index in [1.807, 2.05) is 0 Å². The Hall–Kier alpha value is -1.02. The number of nitrogens with zero attached hydrogens (tertiary/aromatic N) is 1. The number of rotatable bonds is 5. The summed E-state index contributed by atoms with van der Waals surface area (Å²) in [5.41, 5.74) is 1.38. The van der Waals surface area contributed by atoms with E-state index in [9.17, 15) is 0 Å². The molecule has 0 amide bonds. The zero-order valence-electron chi connectivity index (χ0n) is 10.3. The molecule has 16 heavy (non-hydrogen) atoms. The summed E-state index contributed by atoms with van der Waals surface area (Å²) in [5, 5.41) is 0. The highest BCUT2D eigenvalue weighted by atomic mass is 16.5. The smallest absolute Gasteiger partial charge is 0.124 e. The van der Waals surface area contributed by atoms with Gasteiger partial charge < -0.3 is 4.74 Å². The zero-order valence-corrected chi connectivity index (χ0v) is 10.3. The van der Waals surface area contributed by atoms with E-state index in [4.69, 9.17) is 4.74 Å². The number of hydrogen-bond acceptors (Lipinski definition) is 2. The molecule has 1 aliphatic heterocycles. The molecule has 1 saturated heterocycles. The zero-order chi connectivity index (χ0) is 11.4. The van der Waals surface area contributed by atoms with E-state index in [2.05, 4.69) is 43.0 Å². The first-order chi connectivity index (χ1) is 7.81. The van der Waals surface area contributed by atoms with Crippen molar-refractivity contribution in [1.82, 2.24) is 4.90 Å². The Morgan fingerprint density at radius 2 is 2.12 bits per heavy atom. The maximum Gasteiger partial charge on any atom is 0.124 e. The Balaban J connectivity index is 1.87.